The summed E-state index contributed by atoms with van der Waals surface area (Å²) >= 11 is 0. The Kier molecular flexibility index (Phi) is 4.97. The van der Waals surface area contributed by atoms with Crippen LogP contribution >= 0.6 is 0 Å². The Balaban J connectivity index is 1.73. The summed E-state index contributed by atoms with van der Waals surface area (Å²) in [6.45, 7) is 0.359. The Labute approximate surface area is 122 Å². The molecule has 1 fully saturated rings. The normalized spacial score (nSPS) is 20.8. The number of carbonyl (C=O) groups excluding carboxylic acids is 1. The molecule has 3 N–H and O–H groups in total. The highest BCUT2D eigenvalue weighted by Gasteiger charge is 2.30. The molecular weight excluding hydrogens is 274 g/mol. The van der Waals surface area contributed by atoms with Crippen molar-refractivity contribution < 1.29 is 19.4 Å². The fourth-order valence-electron chi connectivity index (χ4n) is 2.39. The summed E-state index contributed by atoms with van der Waals surface area (Å²) in [5.74, 6) is -0.612. The minimum Gasteiger partial charge on any atom is -0.481 e. The van der Waals surface area contributed by atoms with Crippen molar-refractivity contribution in [1.82, 2.24) is 15.6 Å². The van der Waals surface area contributed by atoms with E-state index in [9.17, 15) is 9.59 Å². The number of hydrogen-bond donors (Lipinski definition) is 3. The van der Waals surface area contributed by atoms with E-state index in [1.165, 1.54) is 0 Å². The van der Waals surface area contributed by atoms with Crippen molar-refractivity contribution in [1.29, 1.82) is 0 Å². The molecule has 0 aromatic carbocycles. The molecule has 1 aliphatic carbocycles. The fourth-order valence-corrected chi connectivity index (χ4v) is 2.39. The average molecular weight is 293 g/mol. The molecule has 1 aromatic rings. The predicted molar refractivity (Wildman–Crippen MR) is 74.9 cm³/mol. The van der Waals surface area contributed by atoms with Crippen molar-refractivity contribution in [3.63, 3.8) is 0 Å². The standard InChI is InChI=1S/C14H19N3O4/c1-21-12-5-2-9(7-15-12)8-16-14(20)17-11-4-3-10(6-11)13(18)19/h2,5,7,10-11H,3-4,6,8H2,1H3,(H,18,19)(H2,16,17,20). The van der Waals surface area contributed by atoms with Crippen LogP contribution in [0.3, 0.4) is 0 Å². The minimum atomic E-state index is -0.788. The Morgan fingerprint density at radius 3 is 2.81 bits per heavy atom. The minimum absolute atomic E-state index is 0.0694. The van der Waals surface area contributed by atoms with Gasteiger partial charge in [-0.1, -0.05) is 6.07 Å². The summed E-state index contributed by atoms with van der Waals surface area (Å²) in [6, 6.07) is 3.19. The van der Waals surface area contributed by atoms with E-state index in [0.717, 1.165) is 5.56 Å². The summed E-state index contributed by atoms with van der Waals surface area (Å²) < 4.78 is 4.95. The Bertz CT molecular complexity index is 503. The van der Waals surface area contributed by atoms with Crippen LogP contribution in [0.15, 0.2) is 18.3 Å². The summed E-state index contributed by atoms with van der Waals surface area (Å²) in [5.41, 5.74) is 0.862. The highest BCUT2D eigenvalue weighted by Crippen LogP contribution is 2.25. The van der Waals surface area contributed by atoms with Crippen LogP contribution in [0.4, 0.5) is 4.79 Å². The van der Waals surface area contributed by atoms with Crippen LogP contribution in [0.2, 0.25) is 0 Å². The molecule has 0 aliphatic heterocycles. The molecule has 114 valence electrons. The van der Waals surface area contributed by atoms with Crippen molar-refractivity contribution in [2.75, 3.05) is 7.11 Å². The second kappa shape index (κ2) is 6.92. The number of carboxylic acids is 1. The number of pyridine rings is 1. The largest absolute Gasteiger partial charge is 0.481 e. The van der Waals surface area contributed by atoms with E-state index >= 15 is 0 Å². The summed E-state index contributed by atoms with van der Waals surface area (Å²) in [4.78, 5) is 26.7. The molecule has 2 unspecified atom stereocenters. The predicted octanol–water partition coefficient (Wildman–Crippen LogP) is 1.14. The first-order valence-electron chi connectivity index (χ1n) is 6.84. The van der Waals surface area contributed by atoms with Gasteiger partial charge in [-0.2, -0.15) is 0 Å². The molecule has 1 aliphatic rings. The number of aromatic nitrogens is 1. The van der Waals surface area contributed by atoms with Gasteiger partial charge >= 0.3 is 12.0 Å². The SMILES string of the molecule is COc1ccc(CNC(=O)NC2CCC(C(=O)O)C2)cn1. The molecule has 0 saturated heterocycles. The van der Waals surface area contributed by atoms with E-state index in [2.05, 4.69) is 15.6 Å². The third-order valence-corrected chi connectivity index (χ3v) is 3.58. The summed E-state index contributed by atoms with van der Waals surface area (Å²) in [5, 5.41) is 14.4. The summed E-state index contributed by atoms with van der Waals surface area (Å²) in [6.07, 6.45) is 3.44. The smallest absolute Gasteiger partial charge is 0.315 e. The van der Waals surface area contributed by atoms with Crippen molar-refractivity contribution in [2.24, 2.45) is 5.92 Å². The number of nitrogens with zero attached hydrogens (tertiary/aromatic N) is 1. The lowest BCUT2D eigenvalue weighted by atomic mass is 10.1. The van der Waals surface area contributed by atoms with Gasteiger partial charge < -0.3 is 20.5 Å². The Hall–Kier alpha value is -2.31. The first-order valence-corrected chi connectivity index (χ1v) is 6.84. The van der Waals surface area contributed by atoms with Crippen LogP contribution in [-0.4, -0.2) is 35.2 Å². The number of aliphatic carboxylic acids is 1. The second-order valence-corrected chi connectivity index (χ2v) is 5.08. The van der Waals surface area contributed by atoms with Gasteiger partial charge in [0.25, 0.3) is 0 Å². The number of ether oxygens (including phenoxy) is 1. The number of rotatable bonds is 5. The van der Waals surface area contributed by atoms with Crippen LogP contribution in [0.1, 0.15) is 24.8 Å². The maximum atomic E-state index is 11.8. The summed E-state index contributed by atoms with van der Waals surface area (Å²) in [7, 11) is 1.54. The van der Waals surface area contributed by atoms with Crippen LogP contribution in [0.25, 0.3) is 0 Å². The van der Waals surface area contributed by atoms with Crippen LogP contribution in [0, 0.1) is 5.92 Å². The number of urea groups is 1. The monoisotopic (exact) mass is 293 g/mol. The Morgan fingerprint density at radius 1 is 1.43 bits per heavy atom. The molecule has 0 radical (unpaired) electrons. The van der Waals surface area contributed by atoms with Gasteiger partial charge in [-0.3, -0.25) is 4.79 Å². The molecule has 7 nitrogen and oxygen atoms in total. The van der Waals surface area contributed by atoms with Crippen molar-refractivity contribution in [3.8, 4) is 5.88 Å². The quantitative estimate of drug-likeness (QED) is 0.756. The molecule has 2 atom stereocenters. The highest BCUT2D eigenvalue weighted by molar-refractivity contribution is 5.75. The molecule has 1 aromatic heterocycles. The van der Waals surface area contributed by atoms with E-state index in [-0.39, 0.29) is 18.0 Å². The van der Waals surface area contributed by atoms with Gasteiger partial charge in [0.2, 0.25) is 5.88 Å². The molecule has 1 saturated carbocycles. The van der Waals surface area contributed by atoms with Crippen LogP contribution in [0.5, 0.6) is 5.88 Å². The van der Waals surface area contributed by atoms with Gasteiger partial charge in [0.15, 0.2) is 0 Å². The van der Waals surface area contributed by atoms with E-state index in [1.807, 2.05) is 6.07 Å². The number of methoxy groups -OCH3 is 1. The third-order valence-electron chi connectivity index (χ3n) is 3.58. The van der Waals surface area contributed by atoms with Gasteiger partial charge in [0.05, 0.1) is 13.0 Å². The van der Waals surface area contributed by atoms with Crippen molar-refractivity contribution >= 4 is 12.0 Å². The van der Waals surface area contributed by atoms with Gasteiger partial charge in [0, 0.05) is 24.8 Å². The van der Waals surface area contributed by atoms with Gasteiger partial charge in [-0.05, 0) is 24.8 Å². The highest BCUT2D eigenvalue weighted by atomic mass is 16.5. The van der Waals surface area contributed by atoms with Gasteiger partial charge in [-0.15, -0.1) is 0 Å². The molecule has 2 amide bonds. The zero-order valence-electron chi connectivity index (χ0n) is 11.8. The van der Waals surface area contributed by atoms with E-state index < -0.39 is 5.97 Å². The average Bonchev–Trinajstić information content (AvgIpc) is 2.94. The number of carboxylic acid groups (broad SMARTS) is 1. The fraction of sp³-hybridized carbons (Fsp3) is 0.500. The van der Waals surface area contributed by atoms with E-state index in [1.54, 1.807) is 19.4 Å². The van der Waals surface area contributed by atoms with Gasteiger partial charge in [-0.25, -0.2) is 9.78 Å². The first-order chi connectivity index (χ1) is 10.1. The maximum Gasteiger partial charge on any atom is 0.315 e. The van der Waals surface area contributed by atoms with Crippen LogP contribution < -0.4 is 15.4 Å². The molecule has 0 bridgehead atoms. The zero-order valence-corrected chi connectivity index (χ0v) is 11.8. The van der Waals surface area contributed by atoms with Crippen LogP contribution in [-0.2, 0) is 11.3 Å². The van der Waals surface area contributed by atoms with Gasteiger partial charge in [0.1, 0.15) is 0 Å². The van der Waals surface area contributed by atoms with Crippen molar-refractivity contribution in [2.45, 2.75) is 31.8 Å². The number of carbonyl (C=O) groups is 2. The molecule has 2 rings (SSSR count). The maximum absolute atomic E-state index is 11.8. The van der Waals surface area contributed by atoms with E-state index in [0.29, 0.717) is 31.7 Å². The second-order valence-electron chi connectivity index (χ2n) is 5.08. The topological polar surface area (TPSA) is 101 Å². The lowest BCUT2D eigenvalue weighted by molar-refractivity contribution is -0.141. The molecule has 7 heteroatoms. The molecular formula is C14H19N3O4. The first kappa shape index (κ1) is 15.1. The zero-order chi connectivity index (χ0) is 15.2. The molecule has 0 spiro atoms. The molecule has 21 heavy (non-hydrogen) atoms. The molecule has 1 heterocycles. The van der Waals surface area contributed by atoms with E-state index in [4.69, 9.17) is 9.84 Å². The lowest BCUT2D eigenvalue weighted by Gasteiger charge is -2.13. The number of nitrogens with one attached hydrogen (secondary N) is 2. The Morgan fingerprint density at radius 2 is 2.24 bits per heavy atom. The number of hydrogen-bond acceptors (Lipinski definition) is 4. The number of amides is 2. The van der Waals surface area contributed by atoms with Crippen molar-refractivity contribution in [3.05, 3.63) is 23.9 Å². The lowest BCUT2D eigenvalue weighted by Crippen LogP contribution is -2.40. The third kappa shape index (κ3) is 4.34.